The number of pyridine rings is 1. The van der Waals surface area contributed by atoms with Crippen molar-refractivity contribution in [1.29, 1.82) is 0 Å². The van der Waals surface area contributed by atoms with Crippen LogP contribution in [0.2, 0.25) is 0 Å². The van der Waals surface area contributed by atoms with E-state index in [0.29, 0.717) is 59.9 Å². The maximum Gasteiger partial charge on any atom is 0.319 e. The number of anilines is 1. The zero-order chi connectivity index (χ0) is 30.4. The Labute approximate surface area is 254 Å². The van der Waals surface area contributed by atoms with Crippen molar-refractivity contribution < 1.29 is 31.6 Å². The molecule has 2 aromatic heterocycles. The molecular formula is C31H32F3N5O4S. The maximum absolute atomic E-state index is 16.7. The third-order valence-corrected chi connectivity index (χ3v) is 10.1. The summed E-state index contributed by atoms with van der Waals surface area (Å²) in [7, 11) is 0.538. The molecule has 2 atom stereocenters. The van der Waals surface area contributed by atoms with Crippen molar-refractivity contribution in [1.82, 2.24) is 19.9 Å². The Morgan fingerprint density at radius 2 is 1.95 bits per heavy atom. The summed E-state index contributed by atoms with van der Waals surface area (Å²) in [5, 5.41) is 1.05. The van der Waals surface area contributed by atoms with Gasteiger partial charge in [-0.1, -0.05) is 12.1 Å². The first-order valence-electron chi connectivity index (χ1n) is 14.7. The topological polar surface area (TPSA) is 89.9 Å². The van der Waals surface area contributed by atoms with Crippen molar-refractivity contribution in [3.8, 4) is 23.0 Å². The Bertz CT molecular complexity index is 1750. The van der Waals surface area contributed by atoms with Crippen LogP contribution in [-0.4, -0.2) is 94.0 Å². The van der Waals surface area contributed by atoms with Crippen LogP contribution < -0.4 is 14.4 Å². The SMILES string of the molecule is COCOc1cc(-c2ncc3c(N4CCS(=O)CC4)nc(OC[C@@]45CCCN4C[C@H](F)C5)nc3c2F)c2c(F)cccc2c1. The van der Waals surface area contributed by atoms with Crippen molar-refractivity contribution in [2.24, 2.45) is 0 Å². The summed E-state index contributed by atoms with van der Waals surface area (Å²) < 4.78 is 75.2. The van der Waals surface area contributed by atoms with Gasteiger partial charge in [0.05, 0.1) is 10.9 Å². The average Bonchev–Trinajstić information content (AvgIpc) is 3.55. The van der Waals surface area contributed by atoms with Gasteiger partial charge in [0.2, 0.25) is 0 Å². The molecule has 0 spiro atoms. The number of methoxy groups -OCH3 is 1. The molecule has 0 bridgehead atoms. The molecule has 3 fully saturated rings. The number of hydrogen-bond donors (Lipinski definition) is 0. The van der Waals surface area contributed by atoms with Gasteiger partial charge >= 0.3 is 6.01 Å². The molecule has 0 aliphatic carbocycles. The Kier molecular flexibility index (Phi) is 7.79. The fraction of sp³-hybridized carbons (Fsp3) is 0.452. The van der Waals surface area contributed by atoms with Gasteiger partial charge in [0.25, 0.3) is 0 Å². The quantitative estimate of drug-likeness (QED) is 0.260. The number of aromatic nitrogens is 3. The van der Waals surface area contributed by atoms with Crippen LogP contribution in [0.1, 0.15) is 19.3 Å². The smallest absolute Gasteiger partial charge is 0.319 e. The van der Waals surface area contributed by atoms with Gasteiger partial charge < -0.3 is 19.1 Å². The van der Waals surface area contributed by atoms with Crippen LogP contribution in [0.3, 0.4) is 0 Å². The van der Waals surface area contributed by atoms with Crippen molar-refractivity contribution in [2.75, 3.05) is 63.1 Å². The van der Waals surface area contributed by atoms with Crippen molar-refractivity contribution in [3.05, 3.63) is 48.2 Å². The zero-order valence-electron chi connectivity index (χ0n) is 24.2. The molecule has 44 heavy (non-hydrogen) atoms. The first-order valence-corrected chi connectivity index (χ1v) is 16.2. The Morgan fingerprint density at radius 1 is 1.11 bits per heavy atom. The molecular weight excluding hydrogens is 595 g/mol. The normalized spacial score (nSPS) is 22.6. The first kappa shape index (κ1) is 29.2. The number of alkyl halides is 1. The van der Waals surface area contributed by atoms with E-state index in [4.69, 9.17) is 14.2 Å². The number of nitrogens with zero attached hydrogens (tertiary/aromatic N) is 5. The fourth-order valence-corrected chi connectivity index (χ4v) is 7.82. The summed E-state index contributed by atoms with van der Waals surface area (Å²) in [6.45, 7) is 2.22. The van der Waals surface area contributed by atoms with Gasteiger partial charge in [0, 0.05) is 72.6 Å². The molecule has 9 nitrogen and oxygen atoms in total. The van der Waals surface area contributed by atoms with Crippen molar-refractivity contribution >= 4 is 38.3 Å². The number of halogens is 3. The molecule has 2 aromatic carbocycles. The molecule has 7 rings (SSSR count). The molecule has 0 radical (unpaired) electrons. The molecule has 3 aliphatic rings. The summed E-state index contributed by atoms with van der Waals surface area (Å²) in [6.07, 6.45) is 2.68. The maximum atomic E-state index is 16.7. The largest absolute Gasteiger partial charge is 0.468 e. The molecule has 0 amide bonds. The molecule has 0 saturated carbocycles. The minimum absolute atomic E-state index is 0.0352. The number of benzene rings is 2. The molecule has 232 valence electrons. The molecule has 3 saturated heterocycles. The lowest BCUT2D eigenvalue weighted by Gasteiger charge is -2.31. The van der Waals surface area contributed by atoms with Crippen LogP contribution in [0, 0.1) is 11.6 Å². The molecule has 0 N–H and O–H groups in total. The van der Waals surface area contributed by atoms with E-state index in [1.807, 2.05) is 4.90 Å². The van der Waals surface area contributed by atoms with E-state index < -0.39 is 34.1 Å². The summed E-state index contributed by atoms with van der Waals surface area (Å²) in [6, 6.07) is 7.74. The monoisotopic (exact) mass is 627 g/mol. The lowest BCUT2D eigenvalue weighted by Crippen LogP contribution is -2.43. The van der Waals surface area contributed by atoms with Crippen LogP contribution >= 0.6 is 0 Å². The third-order valence-electron chi connectivity index (χ3n) is 8.85. The number of rotatable bonds is 8. The summed E-state index contributed by atoms with van der Waals surface area (Å²) in [5.74, 6) is 0.377. The number of hydrogen-bond acceptors (Lipinski definition) is 9. The van der Waals surface area contributed by atoms with E-state index in [0.717, 1.165) is 19.4 Å². The Morgan fingerprint density at radius 3 is 2.77 bits per heavy atom. The van der Waals surface area contributed by atoms with Gasteiger partial charge in [0.1, 0.15) is 41.4 Å². The zero-order valence-corrected chi connectivity index (χ0v) is 25.0. The van der Waals surface area contributed by atoms with Crippen molar-refractivity contribution in [2.45, 2.75) is 31.0 Å². The van der Waals surface area contributed by atoms with Gasteiger partial charge in [-0.25, -0.2) is 13.2 Å². The van der Waals surface area contributed by atoms with E-state index in [2.05, 4.69) is 19.9 Å². The number of ether oxygens (including phenoxy) is 3. The van der Waals surface area contributed by atoms with Gasteiger partial charge in [-0.3, -0.25) is 14.1 Å². The minimum Gasteiger partial charge on any atom is -0.468 e. The van der Waals surface area contributed by atoms with Crippen LogP contribution in [0.25, 0.3) is 32.9 Å². The van der Waals surface area contributed by atoms with E-state index in [9.17, 15) is 8.60 Å². The average molecular weight is 628 g/mol. The van der Waals surface area contributed by atoms with E-state index in [-0.39, 0.29) is 41.6 Å². The van der Waals surface area contributed by atoms with Crippen LogP contribution in [-0.2, 0) is 15.5 Å². The van der Waals surface area contributed by atoms with Crippen LogP contribution in [0.15, 0.2) is 36.5 Å². The van der Waals surface area contributed by atoms with E-state index in [1.54, 1.807) is 18.2 Å². The second kappa shape index (κ2) is 11.8. The number of fused-ring (bicyclic) bond motifs is 3. The second-order valence-corrected chi connectivity index (χ2v) is 13.3. The molecule has 13 heteroatoms. The summed E-state index contributed by atoms with van der Waals surface area (Å²) in [4.78, 5) is 17.7. The highest BCUT2D eigenvalue weighted by atomic mass is 32.2. The van der Waals surface area contributed by atoms with Crippen LogP contribution in [0.5, 0.6) is 11.8 Å². The van der Waals surface area contributed by atoms with Gasteiger partial charge in [-0.15, -0.1) is 0 Å². The van der Waals surface area contributed by atoms with Crippen molar-refractivity contribution in [3.63, 3.8) is 0 Å². The molecule has 0 unspecified atom stereocenters. The minimum atomic E-state index is -0.943. The lowest BCUT2D eigenvalue weighted by molar-refractivity contribution is 0.0512. The summed E-state index contributed by atoms with van der Waals surface area (Å²) in [5.41, 5.74) is -0.393. The lowest BCUT2D eigenvalue weighted by atomic mass is 9.95. The van der Waals surface area contributed by atoms with Gasteiger partial charge in [-0.2, -0.15) is 9.97 Å². The predicted molar refractivity (Wildman–Crippen MR) is 161 cm³/mol. The fourth-order valence-electron chi connectivity index (χ4n) is 6.76. The summed E-state index contributed by atoms with van der Waals surface area (Å²) >= 11 is 0. The van der Waals surface area contributed by atoms with E-state index >= 15 is 8.78 Å². The second-order valence-electron chi connectivity index (χ2n) is 11.6. The van der Waals surface area contributed by atoms with Gasteiger partial charge in [0.15, 0.2) is 12.6 Å². The van der Waals surface area contributed by atoms with Crippen LogP contribution in [0.4, 0.5) is 19.0 Å². The van der Waals surface area contributed by atoms with Gasteiger partial charge in [-0.05, 0) is 43.0 Å². The highest BCUT2D eigenvalue weighted by Gasteiger charge is 2.49. The highest BCUT2D eigenvalue weighted by molar-refractivity contribution is 7.85. The predicted octanol–water partition coefficient (Wildman–Crippen LogP) is 4.63. The third kappa shape index (κ3) is 5.24. The molecule has 5 heterocycles. The molecule has 4 aromatic rings. The first-order chi connectivity index (χ1) is 21.3. The Hall–Kier alpha value is -3.55. The Balaban J connectivity index is 1.35. The highest BCUT2D eigenvalue weighted by Crippen LogP contribution is 2.41. The van der Waals surface area contributed by atoms with E-state index in [1.165, 1.54) is 25.4 Å². The molecule has 3 aliphatic heterocycles. The standard InChI is InChI=1S/C31H32F3N5O4S/c1-41-18-43-21-12-19-4-2-5-24(33)25(19)22(13-21)27-26(34)28-23(15-35-27)29(38-8-10-44(40)11-9-38)37-30(36-28)42-17-31-6-3-7-39(31)16-20(32)14-31/h2,4-5,12-13,15,20H,3,6-11,14,16-18H2,1H3/t20-,31+/m1/s1.